The highest BCUT2D eigenvalue weighted by atomic mass is 35.5. The van der Waals surface area contributed by atoms with Gasteiger partial charge < -0.3 is 20.0 Å². The highest BCUT2D eigenvalue weighted by Crippen LogP contribution is 2.31. The lowest BCUT2D eigenvalue weighted by Gasteiger charge is -2.42. The molecule has 2 aliphatic carbocycles. The van der Waals surface area contributed by atoms with Crippen LogP contribution >= 0.6 is 12.4 Å². The van der Waals surface area contributed by atoms with Crippen molar-refractivity contribution in [1.29, 1.82) is 0 Å². The van der Waals surface area contributed by atoms with Gasteiger partial charge in [-0.3, -0.25) is 14.4 Å². The predicted molar refractivity (Wildman–Crippen MR) is 162 cm³/mol. The van der Waals surface area contributed by atoms with E-state index < -0.39 is 0 Å². The summed E-state index contributed by atoms with van der Waals surface area (Å²) in [6.45, 7) is 9.78. The van der Waals surface area contributed by atoms with Gasteiger partial charge >= 0.3 is 0 Å². The molecule has 1 N–H and O–H groups in total. The Kier molecular flexibility index (Phi) is 14.9. The van der Waals surface area contributed by atoms with Crippen molar-refractivity contribution in [3.8, 4) is 0 Å². The van der Waals surface area contributed by atoms with Crippen molar-refractivity contribution in [2.75, 3.05) is 38.0 Å². The largest absolute Gasteiger partial charge is 0.338 e. The number of rotatable bonds is 13. The van der Waals surface area contributed by atoms with Crippen LogP contribution in [0.15, 0.2) is 24.3 Å². The van der Waals surface area contributed by atoms with Gasteiger partial charge in [-0.1, -0.05) is 52.4 Å². The number of nitrogens with one attached hydrogen (secondary N) is 1. The summed E-state index contributed by atoms with van der Waals surface area (Å²) in [5.74, 6) is 0.0426. The molecule has 0 aromatic heterocycles. The van der Waals surface area contributed by atoms with Gasteiger partial charge in [0, 0.05) is 49.8 Å². The second kappa shape index (κ2) is 17.5. The molecule has 2 fully saturated rings. The number of hydrogen-bond acceptors (Lipinski definition) is 4. The van der Waals surface area contributed by atoms with Gasteiger partial charge in [0.25, 0.3) is 5.91 Å². The van der Waals surface area contributed by atoms with Gasteiger partial charge in [-0.05, 0) is 76.0 Å². The molecule has 2 aliphatic rings. The summed E-state index contributed by atoms with van der Waals surface area (Å²) in [5, 5.41) is 2.76. The summed E-state index contributed by atoms with van der Waals surface area (Å²) in [5.41, 5.74) is 1.26. The normalized spacial score (nSPS) is 16.4. The Balaban J connectivity index is 0.00000533. The molecule has 7 nitrogen and oxygen atoms in total. The summed E-state index contributed by atoms with van der Waals surface area (Å²) in [4.78, 5) is 45.2. The van der Waals surface area contributed by atoms with Crippen LogP contribution in [0.1, 0.15) is 108 Å². The molecule has 3 rings (SSSR count). The molecule has 0 aliphatic heterocycles. The average molecular weight is 563 g/mol. The monoisotopic (exact) mass is 562 g/mol. The van der Waals surface area contributed by atoms with E-state index in [0.717, 1.165) is 51.7 Å². The highest BCUT2D eigenvalue weighted by molar-refractivity contribution is 5.95. The Hall–Kier alpha value is -2.12. The molecule has 2 saturated carbocycles. The van der Waals surface area contributed by atoms with Gasteiger partial charge in [-0.15, -0.1) is 12.4 Å². The maximum Gasteiger partial charge on any atom is 0.253 e. The molecule has 1 aromatic carbocycles. The van der Waals surface area contributed by atoms with E-state index in [-0.39, 0.29) is 30.1 Å². The number of anilines is 1. The minimum absolute atomic E-state index is 0. The standard InChI is InChI=1S/C31H50N4O3.ClH/c1-4-33(5-2)22-12-23-34(31(38)26-17-19-27(20-18-26)32-25(3)36)24-21-30(37)35(28-13-8-6-9-14-28)29-15-10-7-11-16-29;/h17-20,28-29H,4-16,21-24H2,1-3H3,(H,32,36);1H. The molecule has 0 spiro atoms. The highest BCUT2D eigenvalue weighted by Gasteiger charge is 2.32. The Morgan fingerprint density at radius 3 is 1.82 bits per heavy atom. The van der Waals surface area contributed by atoms with Crippen molar-refractivity contribution >= 4 is 35.8 Å². The van der Waals surface area contributed by atoms with Gasteiger partial charge in [0.2, 0.25) is 11.8 Å². The maximum absolute atomic E-state index is 13.8. The fourth-order valence-corrected chi connectivity index (χ4v) is 6.21. The van der Waals surface area contributed by atoms with Crippen LogP contribution in [0.5, 0.6) is 0 Å². The van der Waals surface area contributed by atoms with Crippen LogP contribution in [-0.2, 0) is 9.59 Å². The van der Waals surface area contributed by atoms with Crippen LogP contribution in [-0.4, -0.2) is 77.2 Å². The van der Waals surface area contributed by atoms with Crippen molar-refractivity contribution in [3.63, 3.8) is 0 Å². The fraction of sp³-hybridized carbons (Fsp3) is 0.710. The van der Waals surface area contributed by atoms with E-state index in [1.54, 1.807) is 24.3 Å². The van der Waals surface area contributed by atoms with Crippen LogP contribution in [0, 0.1) is 0 Å². The Labute approximate surface area is 242 Å². The first-order valence-corrected chi connectivity index (χ1v) is 15.1. The smallest absolute Gasteiger partial charge is 0.253 e. The molecule has 0 bridgehead atoms. The van der Waals surface area contributed by atoms with E-state index in [2.05, 4.69) is 29.0 Å². The van der Waals surface area contributed by atoms with Crippen molar-refractivity contribution in [2.45, 2.75) is 110 Å². The summed E-state index contributed by atoms with van der Waals surface area (Å²) < 4.78 is 0. The molecule has 8 heteroatoms. The van der Waals surface area contributed by atoms with E-state index in [9.17, 15) is 14.4 Å². The maximum atomic E-state index is 13.8. The lowest BCUT2D eigenvalue weighted by atomic mass is 9.88. The van der Waals surface area contributed by atoms with Gasteiger partial charge in [0.1, 0.15) is 0 Å². The fourth-order valence-electron chi connectivity index (χ4n) is 6.21. The molecule has 0 atom stereocenters. The number of hydrogen-bond donors (Lipinski definition) is 1. The Morgan fingerprint density at radius 2 is 1.33 bits per heavy atom. The molecule has 220 valence electrons. The second-order valence-electron chi connectivity index (χ2n) is 11.1. The first-order chi connectivity index (χ1) is 18.4. The molecule has 0 saturated heterocycles. The van der Waals surface area contributed by atoms with E-state index >= 15 is 0 Å². The second-order valence-corrected chi connectivity index (χ2v) is 11.1. The molecule has 0 unspecified atom stereocenters. The Bertz CT molecular complexity index is 860. The molecule has 0 heterocycles. The number of carbonyl (C=O) groups is 3. The van der Waals surface area contributed by atoms with E-state index in [1.165, 1.54) is 45.4 Å². The molecule has 39 heavy (non-hydrogen) atoms. The molecule has 3 amide bonds. The molecule has 1 aromatic rings. The predicted octanol–water partition coefficient (Wildman–Crippen LogP) is 6.13. The van der Waals surface area contributed by atoms with Gasteiger partial charge in [-0.25, -0.2) is 0 Å². The third kappa shape index (κ3) is 10.4. The van der Waals surface area contributed by atoms with E-state index in [0.29, 0.717) is 42.8 Å². The lowest BCUT2D eigenvalue weighted by Crippen LogP contribution is -2.49. The van der Waals surface area contributed by atoms with Crippen LogP contribution in [0.3, 0.4) is 0 Å². The molecular formula is C31H51ClN4O3. The molecule has 0 radical (unpaired) electrons. The minimum Gasteiger partial charge on any atom is -0.338 e. The summed E-state index contributed by atoms with van der Waals surface area (Å²) in [7, 11) is 0. The number of benzene rings is 1. The number of amides is 3. The first-order valence-electron chi connectivity index (χ1n) is 15.1. The molecular weight excluding hydrogens is 512 g/mol. The SMILES string of the molecule is CCN(CC)CCCN(CCC(=O)N(C1CCCCC1)C1CCCCC1)C(=O)c1ccc(NC(C)=O)cc1.Cl. The third-order valence-corrected chi connectivity index (χ3v) is 8.36. The zero-order valence-corrected chi connectivity index (χ0v) is 25.3. The number of carbonyl (C=O) groups excluding carboxylic acids is 3. The minimum atomic E-state index is -0.138. The van der Waals surface area contributed by atoms with E-state index in [1.807, 2.05) is 4.90 Å². The average Bonchev–Trinajstić information content (AvgIpc) is 2.94. The van der Waals surface area contributed by atoms with E-state index in [4.69, 9.17) is 0 Å². The van der Waals surface area contributed by atoms with Gasteiger partial charge in [-0.2, -0.15) is 0 Å². The number of halogens is 1. The van der Waals surface area contributed by atoms with Gasteiger partial charge in [0.05, 0.1) is 0 Å². The van der Waals surface area contributed by atoms with Crippen molar-refractivity contribution < 1.29 is 14.4 Å². The Morgan fingerprint density at radius 1 is 0.795 bits per heavy atom. The third-order valence-electron chi connectivity index (χ3n) is 8.36. The zero-order valence-electron chi connectivity index (χ0n) is 24.5. The number of nitrogens with zero attached hydrogens (tertiary/aromatic N) is 3. The van der Waals surface area contributed by atoms with Crippen LogP contribution in [0.25, 0.3) is 0 Å². The van der Waals surface area contributed by atoms with Gasteiger partial charge in [0.15, 0.2) is 0 Å². The van der Waals surface area contributed by atoms with Crippen molar-refractivity contribution in [2.24, 2.45) is 0 Å². The van der Waals surface area contributed by atoms with Crippen LogP contribution in [0.2, 0.25) is 0 Å². The zero-order chi connectivity index (χ0) is 27.3. The van der Waals surface area contributed by atoms with Crippen LogP contribution in [0.4, 0.5) is 5.69 Å². The van der Waals surface area contributed by atoms with Crippen molar-refractivity contribution in [3.05, 3.63) is 29.8 Å². The topological polar surface area (TPSA) is 73.0 Å². The summed E-state index contributed by atoms with van der Waals surface area (Å²) in [6, 6.07) is 7.80. The lowest BCUT2D eigenvalue weighted by molar-refractivity contribution is -0.138. The quantitative estimate of drug-likeness (QED) is 0.314. The van der Waals surface area contributed by atoms with Crippen molar-refractivity contribution in [1.82, 2.24) is 14.7 Å². The summed E-state index contributed by atoms with van der Waals surface area (Å²) in [6.07, 6.45) is 13.1. The first kappa shape index (κ1) is 33.1. The van der Waals surface area contributed by atoms with Crippen LogP contribution < -0.4 is 5.32 Å². The summed E-state index contributed by atoms with van der Waals surface area (Å²) >= 11 is 0.